The van der Waals surface area contributed by atoms with Crippen molar-refractivity contribution in [2.45, 2.75) is 37.8 Å². The zero-order valence-electron chi connectivity index (χ0n) is 18.0. The molecule has 4 rings (SSSR count). The van der Waals surface area contributed by atoms with Crippen molar-refractivity contribution in [2.75, 3.05) is 29.6 Å². The number of carbonyl (C=O) groups is 1. The number of hydrogen-bond acceptors (Lipinski definition) is 5. The van der Waals surface area contributed by atoms with Gasteiger partial charge in [-0.25, -0.2) is 18.6 Å². The highest BCUT2D eigenvalue weighted by Crippen LogP contribution is 2.26. The van der Waals surface area contributed by atoms with Crippen LogP contribution >= 0.6 is 0 Å². The number of nitrogens with one attached hydrogen (secondary N) is 3. The molecule has 1 heterocycles. The Hall–Kier alpha value is -3.49. The van der Waals surface area contributed by atoms with Crippen molar-refractivity contribution in [1.82, 2.24) is 15.3 Å². The molecule has 1 aliphatic carbocycles. The molecule has 168 valence electrons. The average Bonchev–Trinajstić information content (AvgIpc) is 2.77. The van der Waals surface area contributed by atoms with Gasteiger partial charge in [0.15, 0.2) is 11.6 Å². The molecule has 0 unspecified atom stereocenters. The molecule has 1 fully saturated rings. The van der Waals surface area contributed by atoms with Crippen molar-refractivity contribution >= 4 is 34.4 Å². The van der Waals surface area contributed by atoms with Crippen molar-refractivity contribution in [3.05, 3.63) is 54.1 Å². The van der Waals surface area contributed by atoms with E-state index in [1.54, 1.807) is 0 Å². The summed E-state index contributed by atoms with van der Waals surface area (Å²) < 4.78 is 26.3. The number of para-hydroxylation sites is 1. The van der Waals surface area contributed by atoms with E-state index in [2.05, 4.69) is 25.9 Å². The van der Waals surface area contributed by atoms with E-state index in [9.17, 15) is 13.6 Å². The summed E-state index contributed by atoms with van der Waals surface area (Å²) in [5.74, 6) is -0.486. The minimum Gasteiger partial charge on any atom is -0.362 e. The summed E-state index contributed by atoms with van der Waals surface area (Å²) in [5, 5.41) is 9.89. The summed E-state index contributed by atoms with van der Waals surface area (Å²) >= 11 is 0. The molecule has 7 nitrogen and oxygen atoms in total. The molecule has 1 aromatic heterocycles. The predicted molar refractivity (Wildman–Crippen MR) is 122 cm³/mol. The fourth-order valence-corrected chi connectivity index (χ4v) is 3.96. The summed E-state index contributed by atoms with van der Waals surface area (Å²) in [7, 11) is 3.92. The molecule has 2 amide bonds. The number of rotatable bonds is 5. The Labute approximate surface area is 185 Å². The number of hydrogen-bond donors (Lipinski definition) is 3. The van der Waals surface area contributed by atoms with Gasteiger partial charge in [0.25, 0.3) is 0 Å². The van der Waals surface area contributed by atoms with Gasteiger partial charge >= 0.3 is 6.03 Å². The van der Waals surface area contributed by atoms with Crippen LogP contribution < -0.4 is 20.9 Å². The number of anilines is 3. The van der Waals surface area contributed by atoms with Crippen LogP contribution in [0.25, 0.3) is 10.9 Å². The van der Waals surface area contributed by atoms with Crippen molar-refractivity contribution in [2.24, 2.45) is 0 Å². The Kier molecular flexibility index (Phi) is 6.34. The number of urea groups is 1. The summed E-state index contributed by atoms with van der Waals surface area (Å²) in [6, 6.07) is 11.0. The fraction of sp³-hybridized carbons (Fsp3) is 0.348. The first-order valence-corrected chi connectivity index (χ1v) is 10.6. The molecule has 0 radical (unpaired) electrons. The predicted octanol–water partition coefficient (Wildman–Crippen LogP) is 4.52. The molecule has 0 bridgehead atoms. The quantitative estimate of drug-likeness (QED) is 0.544. The molecule has 0 spiro atoms. The Morgan fingerprint density at radius 3 is 2.41 bits per heavy atom. The van der Waals surface area contributed by atoms with E-state index in [4.69, 9.17) is 0 Å². The van der Waals surface area contributed by atoms with Crippen LogP contribution in [0, 0.1) is 11.6 Å². The lowest BCUT2D eigenvalue weighted by Gasteiger charge is -2.30. The SMILES string of the molecule is CN(C)c1nc(N[C@H]2CC[C@@H](NC(=O)Nc3ccc(F)c(F)c3)CC2)nc2ccccc12. The molecule has 3 aromatic rings. The minimum atomic E-state index is -0.997. The number of benzene rings is 2. The highest BCUT2D eigenvalue weighted by Gasteiger charge is 2.23. The van der Waals surface area contributed by atoms with E-state index in [-0.39, 0.29) is 17.8 Å². The molecule has 0 saturated heterocycles. The maximum absolute atomic E-state index is 13.3. The van der Waals surface area contributed by atoms with Gasteiger partial charge in [-0.15, -0.1) is 0 Å². The molecule has 2 aromatic carbocycles. The standard InChI is InChI=1S/C23H26F2N6O/c1-31(2)21-17-5-3-4-6-20(17)29-22(30-21)26-14-7-9-15(10-8-14)27-23(32)28-16-11-12-18(24)19(25)13-16/h3-6,11-15H,7-10H2,1-2H3,(H,26,29,30)(H2,27,28,32)/t14-,15+. The minimum absolute atomic E-state index is 0.00760. The van der Waals surface area contributed by atoms with Gasteiger partial charge in [-0.2, -0.15) is 4.98 Å². The summed E-state index contributed by atoms with van der Waals surface area (Å²) in [6.45, 7) is 0. The largest absolute Gasteiger partial charge is 0.362 e. The first-order valence-electron chi connectivity index (χ1n) is 10.6. The first kappa shape index (κ1) is 21.7. The number of carbonyl (C=O) groups excluding carboxylic acids is 1. The first-order chi connectivity index (χ1) is 15.4. The Morgan fingerprint density at radius 1 is 0.969 bits per heavy atom. The van der Waals surface area contributed by atoms with Crippen LogP contribution in [0.1, 0.15) is 25.7 Å². The van der Waals surface area contributed by atoms with Crippen molar-refractivity contribution in [3.63, 3.8) is 0 Å². The molecule has 3 N–H and O–H groups in total. The highest BCUT2D eigenvalue weighted by molar-refractivity contribution is 5.90. The van der Waals surface area contributed by atoms with Gasteiger partial charge in [-0.3, -0.25) is 0 Å². The lowest BCUT2D eigenvalue weighted by Crippen LogP contribution is -2.42. The smallest absolute Gasteiger partial charge is 0.319 e. The van der Waals surface area contributed by atoms with Gasteiger partial charge in [0.2, 0.25) is 5.95 Å². The monoisotopic (exact) mass is 440 g/mol. The van der Waals surface area contributed by atoms with Crippen molar-refractivity contribution in [3.8, 4) is 0 Å². The average molecular weight is 440 g/mol. The van der Waals surface area contributed by atoms with Gasteiger partial charge in [0.05, 0.1) is 5.52 Å². The van der Waals surface area contributed by atoms with E-state index in [0.717, 1.165) is 54.5 Å². The highest BCUT2D eigenvalue weighted by atomic mass is 19.2. The van der Waals surface area contributed by atoms with Crippen LogP contribution in [0.15, 0.2) is 42.5 Å². The molecule has 32 heavy (non-hydrogen) atoms. The van der Waals surface area contributed by atoms with Crippen LogP contribution in [0.2, 0.25) is 0 Å². The van der Waals surface area contributed by atoms with Crippen molar-refractivity contribution < 1.29 is 13.6 Å². The summed E-state index contributed by atoms with van der Waals surface area (Å²) in [6.07, 6.45) is 3.28. The van der Waals surface area contributed by atoms with Gasteiger partial charge in [0.1, 0.15) is 5.82 Å². The molecule has 1 aliphatic rings. The van der Waals surface area contributed by atoms with E-state index < -0.39 is 17.7 Å². The third-order valence-corrected chi connectivity index (χ3v) is 5.58. The Bertz CT molecular complexity index is 1110. The molecular formula is C23H26F2N6O. The van der Waals surface area contributed by atoms with E-state index in [1.807, 2.05) is 43.3 Å². The lowest BCUT2D eigenvalue weighted by atomic mass is 9.91. The van der Waals surface area contributed by atoms with Crippen LogP contribution in [0.3, 0.4) is 0 Å². The maximum atomic E-state index is 13.3. The van der Waals surface area contributed by atoms with Gasteiger partial charge in [-0.05, 0) is 49.9 Å². The second-order valence-corrected chi connectivity index (χ2v) is 8.20. The van der Waals surface area contributed by atoms with E-state index in [0.29, 0.717) is 5.95 Å². The molecule has 9 heteroatoms. The normalized spacial score (nSPS) is 18.2. The maximum Gasteiger partial charge on any atom is 0.319 e. The molecule has 1 saturated carbocycles. The topological polar surface area (TPSA) is 82.2 Å². The van der Waals surface area contributed by atoms with Crippen LogP contribution in [-0.2, 0) is 0 Å². The summed E-state index contributed by atoms with van der Waals surface area (Å²) in [5.41, 5.74) is 1.10. The lowest BCUT2D eigenvalue weighted by molar-refractivity contribution is 0.243. The van der Waals surface area contributed by atoms with Crippen LogP contribution in [0.4, 0.5) is 31.0 Å². The second kappa shape index (κ2) is 9.33. The number of amides is 2. The van der Waals surface area contributed by atoms with Crippen LogP contribution in [0.5, 0.6) is 0 Å². The molecule has 0 atom stereocenters. The third kappa shape index (κ3) is 5.04. The zero-order valence-corrected chi connectivity index (χ0v) is 18.0. The Balaban J connectivity index is 1.32. The zero-order chi connectivity index (χ0) is 22.7. The second-order valence-electron chi connectivity index (χ2n) is 8.20. The number of halogens is 2. The fourth-order valence-electron chi connectivity index (χ4n) is 3.96. The summed E-state index contributed by atoms with van der Waals surface area (Å²) in [4.78, 5) is 23.5. The van der Waals surface area contributed by atoms with E-state index in [1.165, 1.54) is 6.07 Å². The third-order valence-electron chi connectivity index (χ3n) is 5.58. The van der Waals surface area contributed by atoms with Gasteiger partial charge in [0, 0.05) is 43.3 Å². The van der Waals surface area contributed by atoms with Gasteiger partial charge < -0.3 is 20.9 Å². The van der Waals surface area contributed by atoms with Gasteiger partial charge in [-0.1, -0.05) is 12.1 Å². The Morgan fingerprint density at radius 2 is 1.69 bits per heavy atom. The molecular weight excluding hydrogens is 414 g/mol. The number of nitrogens with zero attached hydrogens (tertiary/aromatic N) is 3. The van der Waals surface area contributed by atoms with Crippen molar-refractivity contribution in [1.29, 1.82) is 0 Å². The number of aromatic nitrogens is 2. The van der Waals surface area contributed by atoms with Crippen LogP contribution in [-0.4, -0.2) is 42.2 Å². The molecule has 0 aliphatic heterocycles. The number of fused-ring (bicyclic) bond motifs is 1. The van der Waals surface area contributed by atoms with E-state index >= 15 is 0 Å².